The molecule has 10 heteroatoms. The molecule has 2 aromatic carbocycles. The molecular weight excluding hydrogens is 476 g/mol. The van der Waals surface area contributed by atoms with Crippen LogP contribution >= 0.6 is 22.9 Å². The lowest BCUT2D eigenvalue weighted by atomic mass is 10.2. The van der Waals surface area contributed by atoms with Crippen LogP contribution in [0.1, 0.15) is 18.4 Å². The van der Waals surface area contributed by atoms with Crippen molar-refractivity contribution in [2.75, 3.05) is 18.6 Å². The van der Waals surface area contributed by atoms with Crippen molar-refractivity contribution >= 4 is 51.6 Å². The molecule has 0 bridgehead atoms. The number of anilines is 1. The number of thiazole rings is 1. The molecule has 3 aromatic rings. The highest BCUT2D eigenvalue weighted by Gasteiger charge is 2.26. The summed E-state index contributed by atoms with van der Waals surface area (Å²) in [5.74, 6) is -1.31. The van der Waals surface area contributed by atoms with E-state index >= 15 is 0 Å². The Morgan fingerprint density at radius 1 is 1.12 bits per heavy atom. The fourth-order valence-electron chi connectivity index (χ4n) is 3.28. The number of ether oxygens (including phenoxy) is 1. The third-order valence-corrected chi connectivity index (χ3v) is 6.23. The Labute approximate surface area is 205 Å². The fraction of sp³-hybridized carbons (Fsp3) is 0.208. The average molecular weight is 497 g/mol. The molecule has 1 aliphatic heterocycles. The number of hydrogen-bond acceptors (Lipinski definition) is 7. The first-order chi connectivity index (χ1) is 16.4. The van der Waals surface area contributed by atoms with E-state index in [-0.39, 0.29) is 31.0 Å². The van der Waals surface area contributed by atoms with Gasteiger partial charge in [-0.25, -0.2) is 14.8 Å². The van der Waals surface area contributed by atoms with Gasteiger partial charge in [-0.1, -0.05) is 54.1 Å². The molecule has 34 heavy (non-hydrogen) atoms. The fourth-order valence-corrected chi connectivity index (χ4v) is 4.25. The van der Waals surface area contributed by atoms with Gasteiger partial charge < -0.3 is 4.74 Å². The Kier molecular flexibility index (Phi) is 7.34. The molecule has 0 atom stereocenters. The number of amides is 2. The lowest BCUT2D eigenvalue weighted by Gasteiger charge is -2.21. The van der Waals surface area contributed by atoms with Crippen LogP contribution in [0.15, 0.2) is 65.1 Å². The van der Waals surface area contributed by atoms with E-state index in [1.54, 1.807) is 12.1 Å². The Balaban J connectivity index is 1.51. The zero-order chi connectivity index (χ0) is 24.1. The molecule has 174 valence electrons. The van der Waals surface area contributed by atoms with E-state index in [9.17, 15) is 14.4 Å². The van der Waals surface area contributed by atoms with Crippen LogP contribution in [-0.4, -0.2) is 47.1 Å². The Morgan fingerprint density at radius 2 is 1.85 bits per heavy atom. The van der Waals surface area contributed by atoms with Crippen molar-refractivity contribution in [2.24, 2.45) is 5.10 Å². The molecule has 2 heterocycles. The topological polar surface area (TPSA) is 92.2 Å². The first-order valence-electron chi connectivity index (χ1n) is 10.5. The second kappa shape index (κ2) is 10.6. The number of nitrogens with zero attached hydrogens (tertiary/aromatic N) is 4. The molecule has 4 rings (SSSR count). The van der Waals surface area contributed by atoms with E-state index in [1.807, 2.05) is 47.8 Å². The molecule has 1 aromatic heterocycles. The van der Waals surface area contributed by atoms with Gasteiger partial charge in [0, 0.05) is 35.9 Å². The lowest BCUT2D eigenvalue weighted by molar-refractivity contribution is -0.141. The summed E-state index contributed by atoms with van der Waals surface area (Å²) in [6.07, 6.45) is 0.353. The van der Waals surface area contributed by atoms with Crippen LogP contribution in [-0.2, 0) is 25.7 Å². The number of hydrogen-bond donors (Lipinski definition) is 0. The summed E-state index contributed by atoms with van der Waals surface area (Å²) in [4.78, 5) is 43.2. The summed E-state index contributed by atoms with van der Waals surface area (Å²) in [5, 5.41) is 8.01. The van der Waals surface area contributed by atoms with Crippen LogP contribution in [0.2, 0.25) is 5.02 Å². The van der Waals surface area contributed by atoms with E-state index in [1.165, 1.54) is 23.3 Å². The monoisotopic (exact) mass is 496 g/mol. The molecule has 0 N–H and O–H groups in total. The quantitative estimate of drug-likeness (QED) is 0.458. The highest BCUT2D eigenvalue weighted by atomic mass is 35.5. The molecule has 0 radical (unpaired) electrons. The second-order valence-corrected chi connectivity index (χ2v) is 8.80. The van der Waals surface area contributed by atoms with Gasteiger partial charge in [0.2, 0.25) is 5.91 Å². The van der Waals surface area contributed by atoms with E-state index in [0.29, 0.717) is 15.8 Å². The van der Waals surface area contributed by atoms with Gasteiger partial charge in [-0.05, 0) is 17.7 Å². The average Bonchev–Trinajstić information content (AvgIpc) is 3.33. The maximum absolute atomic E-state index is 13.1. The molecule has 0 saturated heterocycles. The number of hydrazone groups is 1. The summed E-state index contributed by atoms with van der Waals surface area (Å²) in [5.41, 5.74) is 2.61. The Bertz CT molecular complexity index is 1230. The number of aromatic nitrogens is 1. The first-order valence-corrected chi connectivity index (χ1v) is 11.7. The Morgan fingerprint density at radius 3 is 2.56 bits per heavy atom. The Hall–Kier alpha value is -3.56. The molecule has 0 aliphatic carbocycles. The maximum Gasteiger partial charge on any atom is 0.355 e. The van der Waals surface area contributed by atoms with Crippen LogP contribution in [0.25, 0.3) is 11.3 Å². The van der Waals surface area contributed by atoms with Gasteiger partial charge in [0.1, 0.15) is 5.71 Å². The van der Waals surface area contributed by atoms with Gasteiger partial charge in [-0.2, -0.15) is 5.10 Å². The largest absolute Gasteiger partial charge is 0.451 e. The predicted molar refractivity (Wildman–Crippen MR) is 131 cm³/mol. The predicted octanol–water partition coefficient (Wildman–Crippen LogP) is 4.15. The van der Waals surface area contributed by atoms with Crippen LogP contribution in [0.3, 0.4) is 0 Å². The zero-order valence-electron chi connectivity index (χ0n) is 18.3. The molecule has 0 fully saturated rings. The van der Waals surface area contributed by atoms with Gasteiger partial charge in [0.25, 0.3) is 5.91 Å². The maximum atomic E-state index is 13.1. The van der Waals surface area contributed by atoms with Crippen molar-refractivity contribution in [3.8, 4) is 11.3 Å². The van der Waals surface area contributed by atoms with Crippen molar-refractivity contribution < 1.29 is 19.1 Å². The first kappa shape index (κ1) is 23.6. The minimum Gasteiger partial charge on any atom is -0.451 e. The van der Waals surface area contributed by atoms with Crippen molar-refractivity contribution in [3.05, 3.63) is 70.6 Å². The minimum atomic E-state index is -0.714. The van der Waals surface area contributed by atoms with Crippen LogP contribution in [0.4, 0.5) is 5.13 Å². The molecule has 2 amide bonds. The molecule has 0 saturated carbocycles. The van der Waals surface area contributed by atoms with Crippen LogP contribution < -0.4 is 4.90 Å². The number of halogens is 1. The normalized spacial score (nSPS) is 13.4. The van der Waals surface area contributed by atoms with E-state index in [2.05, 4.69) is 10.1 Å². The summed E-state index contributed by atoms with van der Waals surface area (Å²) in [6, 6.07) is 16.8. The smallest absolute Gasteiger partial charge is 0.355 e. The van der Waals surface area contributed by atoms with Crippen LogP contribution in [0, 0.1) is 0 Å². The number of carbonyl (C=O) groups is 3. The van der Waals surface area contributed by atoms with Gasteiger partial charge >= 0.3 is 5.97 Å². The van der Waals surface area contributed by atoms with E-state index in [4.69, 9.17) is 16.3 Å². The highest BCUT2D eigenvalue weighted by molar-refractivity contribution is 7.14. The van der Waals surface area contributed by atoms with Crippen LogP contribution in [0.5, 0.6) is 0 Å². The van der Waals surface area contributed by atoms with Gasteiger partial charge in [0.05, 0.1) is 12.2 Å². The molecular formula is C24H21ClN4O4S. The zero-order valence-corrected chi connectivity index (χ0v) is 19.9. The van der Waals surface area contributed by atoms with Crippen molar-refractivity contribution in [1.29, 1.82) is 0 Å². The van der Waals surface area contributed by atoms with E-state index in [0.717, 1.165) is 16.1 Å². The van der Waals surface area contributed by atoms with E-state index < -0.39 is 18.5 Å². The lowest BCUT2D eigenvalue weighted by Crippen LogP contribution is -2.36. The second-order valence-electron chi connectivity index (χ2n) is 7.53. The minimum absolute atomic E-state index is 0.115. The highest BCUT2D eigenvalue weighted by Crippen LogP contribution is 2.29. The molecule has 8 nitrogen and oxygen atoms in total. The number of carbonyl (C=O) groups excluding carboxylic acids is 3. The summed E-state index contributed by atoms with van der Waals surface area (Å²) in [7, 11) is 1.47. The van der Waals surface area contributed by atoms with Gasteiger partial charge in [-0.15, -0.1) is 11.3 Å². The summed E-state index contributed by atoms with van der Waals surface area (Å²) < 4.78 is 5.23. The summed E-state index contributed by atoms with van der Waals surface area (Å²) >= 11 is 7.30. The molecule has 1 aliphatic rings. The molecule has 0 spiro atoms. The number of rotatable bonds is 7. The number of benzene rings is 2. The van der Waals surface area contributed by atoms with Gasteiger partial charge in [0.15, 0.2) is 11.7 Å². The molecule has 0 unspecified atom stereocenters. The van der Waals surface area contributed by atoms with Crippen molar-refractivity contribution in [1.82, 2.24) is 9.99 Å². The van der Waals surface area contributed by atoms with Gasteiger partial charge in [-0.3, -0.25) is 14.5 Å². The standard InChI is InChI=1S/C24H21ClN4O4S/c1-28-21(30)12-11-19(27-28)23(32)33-14-22(31)29(13-16-5-3-2-4-6-16)24-26-20(15-34-24)17-7-9-18(25)10-8-17/h2-10,15H,11-14H2,1H3. The van der Waals surface area contributed by atoms with Crippen molar-refractivity contribution in [3.63, 3.8) is 0 Å². The summed E-state index contributed by atoms with van der Waals surface area (Å²) in [6.45, 7) is -0.207. The SMILES string of the molecule is CN1N=C(C(=O)OCC(=O)N(Cc2ccccc2)c2nc(-c3ccc(Cl)cc3)cs2)CCC1=O. The third kappa shape index (κ3) is 5.67. The van der Waals surface area contributed by atoms with Crippen molar-refractivity contribution in [2.45, 2.75) is 19.4 Å². The third-order valence-electron chi connectivity index (χ3n) is 5.12. The number of esters is 1.